The van der Waals surface area contributed by atoms with Crippen molar-refractivity contribution in [3.8, 4) is 11.5 Å². The van der Waals surface area contributed by atoms with Gasteiger partial charge in [-0.15, -0.1) is 0 Å². The van der Waals surface area contributed by atoms with Gasteiger partial charge in [0.2, 0.25) is 0 Å². The number of likely N-dealkylation sites (N-methyl/N-ethyl adjacent to an activating group) is 1. The maximum atomic E-state index is 12.8. The van der Waals surface area contributed by atoms with E-state index in [0.29, 0.717) is 36.1 Å². The van der Waals surface area contributed by atoms with Gasteiger partial charge in [0.15, 0.2) is 0 Å². The van der Waals surface area contributed by atoms with Crippen molar-refractivity contribution >= 4 is 17.6 Å². The van der Waals surface area contributed by atoms with E-state index in [2.05, 4.69) is 0 Å². The molecule has 1 heterocycles. The van der Waals surface area contributed by atoms with Crippen LogP contribution < -0.4 is 14.4 Å². The summed E-state index contributed by atoms with van der Waals surface area (Å²) < 4.78 is 11.2. The molecule has 0 N–H and O–H groups in total. The Hall–Kier alpha value is -2.70. The molecule has 1 aliphatic rings. The minimum atomic E-state index is -0.443. The first kappa shape index (κ1) is 17.7. The first-order chi connectivity index (χ1) is 11.4. The number of urea groups is 1. The van der Waals surface area contributed by atoms with Crippen LogP contribution in [0.1, 0.15) is 13.8 Å². The van der Waals surface area contributed by atoms with Gasteiger partial charge in [-0.25, -0.2) is 9.69 Å². The minimum absolute atomic E-state index is 0.291. The topological polar surface area (TPSA) is 62.3 Å². The number of para-hydroxylation sites is 1. The zero-order valence-corrected chi connectivity index (χ0v) is 14.7. The van der Waals surface area contributed by atoms with E-state index in [1.54, 1.807) is 50.4 Å². The third-order valence-electron chi connectivity index (χ3n) is 3.43. The third kappa shape index (κ3) is 3.15. The maximum Gasteiger partial charge on any atom is 0.336 e. The molecular weight excluding hydrogens is 310 g/mol. The number of amides is 3. The molecule has 0 aromatic heterocycles. The van der Waals surface area contributed by atoms with Crippen molar-refractivity contribution in [3.05, 3.63) is 30.1 Å². The van der Waals surface area contributed by atoms with Crippen molar-refractivity contribution in [1.29, 1.82) is 0 Å². The number of nitrogens with zero attached hydrogens (tertiary/aromatic N) is 3. The van der Waals surface area contributed by atoms with Crippen molar-refractivity contribution in [2.24, 2.45) is 0 Å². The highest BCUT2D eigenvalue weighted by Crippen LogP contribution is 2.41. The van der Waals surface area contributed by atoms with Crippen LogP contribution in [0.4, 0.5) is 10.5 Å². The quantitative estimate of drug-likeness (QED) is 0.590. The lowest BCUT2D eigenvalue weighted by atomic mass is 10.2. The van der Waals surface area contributed by atoms with Crippen LogP contribution in [-0.4, -0.2) is 56.1 Å². The van der Waals surface area contributed by atoms with Crippen LogP contribution in [-0.2, 0) is 4.79 Å². The smallest absolute Gasteiger partial charge is 0.336 e. The van der Waals surface area contributed by atoms with Crippen LogP contribution in [0, 0.1) is 0 Å². The molecule has 0 saturated carbocycles. The number of carbonyl (C=O) groups is 2. The lowest BCUT2D eigenvalue weighted by Crippen LogP contribution is -2.32. The number of hydrogen-bond acceptors (Lipinski definition) is 5. The number of rotatable bonds is 6. The van der Waals surface area contributed by atoms with E-state index in [0.717, 1.165) is 4.90 Å². The fourth-order valence-electron chi connectivity index (χ4n) is 2.45. The zero-order chi connectivity index (χ0) is 17.9. The second kappa shape index (κ2) is 7.25. The largest absolute Gasteiger partial charge is 0.492 e. The van der Waals surface area contributed by atoms with E-state index < -0.39 is 11.9 Å². The highest BCUT2D eigenvalue weighted by molar-refractivity contribution is 6.27. The Balaban J connectivity index is 2.58. The summed E-state index contributed by atoms with van der Waals surface area (Å²) >= 11 is 0. The summed E-state index contributed by atoms with van der Waals surface area (Å²) in [5.41, 5.74) is 0.629. The van der Waals surface area contributed by atoms with E-state index in [-0.39, 0.29) is 0 Å². The molecule has 24 heavy (non-hydrogen) atoms. The van der Waals surface area contributed by atoms with Gasteiger partial charge in [-0.3, -0.25) is 9.69 Å². The summed E-state index contributed by atoms with van der Waals surface area (Å²) in [5, 5.41) is 0. The first-order valence-electron chi connectivity index (χ1n) is 7.81. The fourth-order valence-corrected chi connectivity index (χ4v) is 2.45. The van der Waals surface area contributed by atoms with E-state index in [9.17, 15) is 9.59 Å². The average molecular weight is 333 g/mol. The lowest BCUT2D eigenvalue weighted by molar-refractivity contribution is -0.114. The van der Waals surface area contributed by atoms with Crippen LogP contribution in [0.25, 0.3) is 0 Å². The van der Waals surface area contributed by atoms with Gasteiger partial charge in [-0.05, 0) is 26.0 Å². The van der Waals surface area contributed by atoms with Crippen molar-refractivity contribution in [1.82, 2.24) is 9.80 Å². The monoisotopic (exact) mass is 333 g/mol. The Morgan fingerprint density at radius 2 is 1.62 bits per heavy atom. The molecule has 7 heteroatoms. The number of benzene rings is 1. The predicted molar refractivity (Wildman–Crippen MR) is 91.2 cm³/mol. The van der Waals surface area contributed by atoms with Crippen molar-refractivity contribution in [2.75, 3.05) is 39.3 Å². The number of imide groups is 1. The molecule has 2 rings (SSSR count). The van der Waals surface area contributed by atoms with E-state index in [1.807, 2.05) is 13.8 Å². The van der Waals surface area contributed by atoms with Crippen LogP contribution in [0.15, 0.2) is 30.1 Å². The van der Waals surface area contributed by atoms with Crippen LogP contribution in [0.5, 0.6) is 11.5 Å². The van der Waals surface area contributed by atoms with Crippen molar-refractivity contribution in [3.63, 3.8) is 0 Å². The highest BCUT2D eigenvalue weighted by Gasteiger charge is 2.42. The van der Waals surface area contributed by atoms with Crippen LogP contribution in [0.2, 0.25) is 0 Å². The van der Waals surface area contributed by atoms with Gasteiger partial charge in [-0.1, -0.05) is 6.07 Å². The predicted octanol–water partition coefficient (Wildman–Crippen LogP) is 2.29. The van der Waals surface area contributed by atoms with E-state index in [1.165, 1.54) is 4.90 Å². The third-order valence-corrected chi connectivity index (χ3v) is 3.43. The molecule has 0 unspecified atom stereocenters. The second-order valence-electron chi connectivity index (χ2n) is 5.43. The number of hydrogen-bond donors (Lipinski definition) is 0. The molecule has 0 spiro atoms. The van der Waals surface area contributed by atoms with Gasteiger partial charge in [-0.2, -0.15) is 0 Å². The normalized spacial score (nSPS) is 16.1. The first-order valence-corrected chi connectivity index (χ1v) is 7.81. The molecule has 0 aliphatic carbocycles. The summed E-state index contributed by atoms with van der Waals surface area (Å²) in [6.07, 6.45) is 1.61. The minimum Gasteiger partial charge on any atom is -0.492 e. The Labute approximate surface area is 142 Å². The Morgan fingerprint density at radius 3 is 2.08 bits per heavy atom. The molecule has 1 aliphatic heterocycles. The lowest BCUT2D eigenvalue weighted by Gasteiger charge is -2.20. The van der Waals surface area contributed by atoms with Crippen molar-refractivity contribution in [2.45, 2.75) is 13.8 Å². The Bertz CT molecular complexity index is 646. The molecule has 1 aromatic rings. The maximum absolute atomic E-state index is 12.8. The molecule has 0 atom stereocenters. The second-order valence-corrected chi connectivity index (χ2v) is 5.43. The molecule has 1 fully saturated rings. The molecule has 1 saturated heterocycles. The van der Waals surface area contributed by atoms with Gasteiger partial charge >= 0.3 is 6.03 Å². The van der Waals surface area contributed by atoms with Gasteiger partial charge in [0.1, 0.15) is 22.9 Å². The SMILES string of the molecule is CCOc1cccc(OCC)c1N1C(=O)/C(=C/N(C)C)N(C)C1=O. The highest BCUT2D eigenvalue weighted by atomic mass is 16.5. The number of carbonyl (C=O) groups excluding carboxylic acids is 2. The van der Waals surface area contributed by atoms with Crippen molar-refractivity contribution < 1.29 is 19.1 Å². The molecular formula is C17H23N3O4. The Morgan fingerprint density at radius 1 is 1.08 bits per heavy atom. The summed E-state index contributed by atoms with van der Waals surface area (Å²) in [7, 11) is 5.15. The summed E-state index contributed by atoms with van der Waals surface area (Å²) in [4.78, 5) is 29.7. The van der Waals surface area contributed by atoms with Gasteiger partial charge in [0.05, 0.1) is 13.2 Å². The molecule has 7 nitrogen and oxygen atoms in total. The Kier molecular flexibility index (Phi) is 5.33. The van der Waals surface area contributed by atoms with Crippen LogP contribution >= 0.6 is 0 Å². The fraction of sp³-hybridized carbons (Fsp3) is 0.412. The zero-order valence-electron chi connectivity index (χ0n) is 14.7. The van der Waals surface area contributed by atoms with E-state index >= 15 is 0 Å². The number of anilines is 1. The molecule has 130 valence electrons. The summed E-state index contributed by atoms with van der Waals surface area (Å²) in [6.45, 7) is 4.51. The van der Waals surface area contributed by atoms with Gasteiger partial charge in [0.25, 0.3) is 5.91 Å². The van der Waals surface area contributed by atoms with Gasteiger partial charge in [0, 0.05) is 27.3 Å². The van der Waals surface area contributed by atoms with E-state index in [4.69, 9.17) is 9.47 Å². The number of ether oxygens (including phenoxy) is 2. The summed E-state index contributed by atoms with van der Waals surface area (Å²) in [6, 6.07) is 4.76. The summed E-state index contributed by atoms with van der Waals surface area (Å²) in [5.74, 6) is 0.457. The molecule has 1 aromatic carbocycles. The molecule has 0 radical (unpaired) electrons. The van der Waals surface area contributed by atoms with Gasteiger partial charge < -0.3 is 14.4 Å². The molecule has 0 bridgehead atoms. The standard InChI is InChI=1S/C17H23N3O4/c1-6-23-13-9-8-10-14(24-7-2)15(13)20-16(21)12(11-18(3)4)19(5)17(20)22/h8-11H,6-7H2,1-5H3/b12-11-. The van der Waals surface area contributed by atoms with Crippen LogP contribution in [0.3, 0.4) is 0 Å². The molecule has 3 amide bonds. The average Bonchev–Trinajstić information content (AvgIpc) is 2.72.